The number of rotatable bonds is 9. The normalized spacial score (nSPS) is 19.7. The van der Waals surface area contributed by atoms with E-state index in [4.69, 9.17) is 9.84 Å². The van der Waals surface area contributed by atoms with Crippen LogP contribution in [0.1, 0.15) is 49.1 Å². The number of hydrogen-bond donors (Lipinski definition) is 4. The van der Waals surface area contributed by atoms with Crippen molar-refractivity contribution >= 4 is 18.0 Å². The summed E-state index contributed by atoms with van der Waals surface area (Å²) in [5.74, 6) is -1.21. The lowest BCUT2D eigenvalue weighted by atomic mass is 9.98. The fourth-order valence-electron chi connectivity index (χ4n) is 5.04. The van der Waals surface area contributed by atoms with Crippen molar-refractivity contribution in [1.82, 2.24) is 10.6 Å². The molecule has 3 unspecified atom stereocenters. The third-order valence-electron chi connectivity index (χ3n) is 6.63. The smallest absolute Gasteiger partial charge is 0.407 e. The molecule has 180 valence electrons. The minimum absolute atomic E-state index is 0.00894. The summed E-state index contributed by atoms with van der Waals surface area (Å²) in [6.45, 7) is 0.177. The van der Waals surface area contributed by atoms with Crippen LogP contribution in [-0.4, -0.2) is 53.5 Å². The monoisotopic (exact) mass is 466 g/mol. The summed E-state index contributed by atoms with van der Waals surface area (Å²) in [4.78, 5) is 35.1. The SMILES string of the molecule is O=C(O)CC(O)CNC(=O)CC1CCC(NC(=O)OCC2c3ccccc3-c3ccccc32)C1. The molecule has 0 spiro atoms. The van der Waals surface area contributed by atoms with Crippen molar-refractivity contribution in [3.8, 4) is 11.1 Å². The van der Waals surface area contributed by atoms with Gasteiger partial charge in [0, 0.05) is 24.9 Å². The van der Waals surface area contributed by atoms with Crippen molar-refractivity contribution < 1.29 is 29.3 Å². The molecule has 2 aliphatic rings. The molecule has 4 N–H and O–H groups in total. The van der Waals surface area contributed by atoms with Crippen LogP contribution in [0.2, 0.25) is 0 Å². The number of aliphatic carboxylic acids is 1. The molecule has 0 saturated heterocycles. The number of hydrogen-bond acceptors (Lipinski definition) is 5. The topological polar surface area (TPSA) is 125 Å². The molecule has 2 aromatic rings. The van der Waals surface area contributed by atoms with E-state index in [1.165, 1.54) is 11.1 Å². The van der Waals surface area contributed by atoms with Gasteiger partial charge in [0.15, 0.2) is 0 Å². The predicted molar refractivity (Wildman–Crippen MR) is 125 cm³/mol. The highest BCUT2D eigenvalue weighted by Crippen LogP contribution is 2.44. The van der Waals surface area contributed by atoms with Crippen molar-refractivity contribution in [2.75, 3.05) is 13.2 Å². The Morgan fingerprint density at radius 3 is 2.29 bits per heavy atom. The van der Waals surface area contributed by atoms with Gasteiger partial charge in [0.05, 0.1) is 12.5 Å². The number of aliphatic hydroxyl groups excluding tert-OH is 1. The summed E-state index contributed by atoms with van der Waals surface area (Å²) in [5, 5.41) is 23.7. The number of ether oxygens (including phenoxy) is 1. The van der Waals surface area contributed by atoms with E-state index in [1.807, 2.05) is 24.3 Å². The molecule has 8 heteroatoms. The van der Waals surface area contributed by atoms with Crippen LogP contribution in [0.5, 0.6) is 0 Å². The molecule has 1 fully saturated rings. The zero-order valence-corrected chi connectivity index (χ0v) is 18.9. The second-order valence-corrected chi connectivity index (χ2v) is 9.11. The zero-order chi connectivity index (χ0) is 24.1. The average Bonchev–Trinajstić information content (AvgIpc) is 3.37. The lowest BCUT2D eigenvalue weighted by molar-refractivity contribution is -0.139. The third-order valence-corrected chi connectivity index (χ3v) is 6.63. The highest BCUT2D eigenvalue weighted by atomic mass is 16.5. The standard InChI is InChI=1S/C26H30N2O6/c29-18(13-25(31)32)14-27-24(30)12-16-9-10-17(11-16)28-26(33)34-15-23-21-7-3-1-5-19(21)20-6-2-4-8-22(20)23/h1-8,16-18,23,29H,9-15H2,(H,27,30)(H,28,33)(H,31,32). The molecule has 1 saturated carbocycles. The number of amides is 2. The number of benzene rings is 2. The molecule has 8 nitrogen and oxygen atoms in total. The molecular formula is C26H30N2O6. The Balaban J connectivity index is 1.21. The first kappa shape index (κ1) is 23.8. The summed E-state index contributed by atoms with van der Waals surface area (Å²) >= 11 is 0. The Morgan fingerprint density at radius 2 is 1.65 bits per heavy atom. The van der Waals surface area contributed by atoms with Crippen LogP contribution in [0, 0.1) is 5.92 Å². The summed E-state index contributed by atoms with van der Waals surface area (Å²) < 4.78 is 5.61. The van der Waals surface area contributed by atoms with Crippen LogP contribution < -0.4 is 10.6 Å². The van der Waals surface area contributed by atoms with Gasteiger partial charge >= 0.3 is 12.1 Å². The molecule has 2 amide bonds. The number of alkyl carbamates (subject to hydrolysis) is 1. The van der Waals surface area contributed by atoms with E-state index < -0.39 is 24.6 Å². The van der Waals surface area contributed by atoms with Crippen molar-refractivity contribution in [2.24, 2.45) is 5.92 Å². The third kappa shape index (κ3) is 5.75. The van der Waals surface area contributed by atoms with Crippen molar-refractivity contribution in [3.63, 3.8) is 0 Å². The van der Waals surface area contributed by atoms with Crippen molar-refractivity contribution in [2.45, 2.75) is 50.2 Å². The molecule has 0 bridgehead atoms. The zero-order valence-electron chi connectivity index (χ0n) is 18.9. The quantitative estimate of drug-likeness (QED) is 0.450. The van der Waals surface area contributed by atoms with Gasteiger partial charge in [-0.2, -0.15) is 0 Å². The van der Waals surface area contributed by atoms with Gasteiger partial charge in [-0.05, 0) is 47.4 Å². The van der Waals surface area contributed by atoms with Gasteiger partial charge in [0.1, 0.15) is 6.61 Å². The van der Waals surface area contributed by atoms with E-state index in [1.54, 1.807) is 0 Å². The maximum atomic E-state index is 12.5. The van der Waals surface area contributed by atoms with Gasteiger partial charge in [-0.25, -0.2) is 4.79 Å². The van der Waals surface area contributed by atoms with Crippen LogP contribution >= 0.6 is 0 Å². The first-order valence-electron chi connectivity index (χ1n) is 11.7. The summed E-state index contributed by atoms with van der Waals surface area (Å²) in [7, 11) is 0. The first-order chi connectivity index (χ1) is 16.4. The number of nitrogens with one attached hydrogen (secondary N) is 2. The van der Waals surface area contributed by atoms with E-state index in [0.717, 1.165) is 24.0 Å². The van der Waals surface area contributed by atoms with E-state index in [2.05, 4.69) is 34.9 Å². The van der Waals surface area contributed by atoms with Gasteiger partial charge in [0.2, 0.25) is 5.91 Å². The van der Waals surface area contributed by atoms with Gasteiger partial charge in [-0.15, -0.1) is 0 Å². The fourth-order valence-corrected chi connectivity index (χ4v) is 5.04. The average molecular weight is 467 g/mol. The number of carbonyl (C=O) groups excluding carboxylic acids is 2. The second kappa shape index (κ2) is 10.7. The molecule has 34 heavy (non-hydrogen) atoms. The molecule has 0 radical (unpaired) electrons. The number of carbonyl (C=O) groups is 3. The Hall–Kier alpha value is -3.39. The van der Waals surface area contributed by atoms with E-state index >= 15 is 0 Å². The number of carboxylic acids is 1. The van der Waals surface area contributed by atoms with Gasteiger partial charge < -0.3 is 25.6 Å². The van der Waals surface area contributed by atoms with Crippen LogP contribution in [0.3, 0.4) is 0 Å². The van der Waals surface area contributed by atoms with Crippen molar-refractivity contribution in [3.05, 3.63) is 59.7 Å². The van der Waals surface area contributed by atoms with Gasteiger partial charge in [-0.3, -0.25) is 9.59 Å². The number of fused-ring (bicyclic) bond motifs is 3. The fraction of sp³-hybridized carbons (Fsp3) is 0.423. The summed E-state index contributed by atoms with van der Waals surface area (Å²) in [6.07, 6.45) is 0.568. The van der Waals surface area contributed by atoms with Crippen LogP contribution in [0.25, 0.3) is 11.1 Å². The molecule has 0 heterocycles. The molecule has 0 aliphatic heterocycles. The Bertz CT molecular complexity index is 1010. The first-order valence-corrected chi connectivity index (χ1v) is 11.7. The maximum absolute atomic E-state index is 12.5. The molecular weight excluding hydrogens is 436 g/mol. The number of carboxylic acid groups (broad SMARTS) is 1. The Kier molecular flexibility index (Phi) is 7.47. The summed E-state index contributed by atoms with van der Waals surface area (Å²) in [6, 6.07) is 16.3. The van der Waals surface area contributed by atoms with E-state index in [9.17, 15) is 19.5 Å². The highest BCUT2D eigenvalue weighted by Gasteiger charge is 2.31. The molecule has 2 aliphatic carbocycles. The van der Waals surface area contributed by atoms with E-state index in [-0.39, 0.29) is 43.4 Å². The van der Waals surface area contributed by atoms with Crippen LogP contribution in [0.4, 0.5) is 4.79 Å². The predicted octanol–water partition coefficient (Wildman–Crippen LogP) is 3.04. The molecule has 4 rings (SSSR count). The van der Waals surface area contributed by atoms with Gasteiger partial charge in [-0.1, -0.05) is 48.5 Å². The molecule has 0 aromatic heterocycles. The Labute approximate surface area is 198 Å². The Morgan fingerprint density at radius 1 is 1.00 bits per heavy atom. The van der Waals surface area contributed by atoms with E-state index in [0.29, 0.717) is 6.42 Å². The van der Waals surface area contributed by atoms with Crippen molar-refractivity contribution in [1.29, 1.82) is 0 Å². The molecule has 3 atom stereocenters. The lowest BCUT2D eigenvalue weighted by Gasteiger charge is -2.17. The number of aliphatic hydroxyl groups is 1. The van der Waals surface area contributed by atoms with Crippen LogP contribution in [0.15, 0.2) is 48.5 Å². The largest absolute Gasteiger partial charge is 0.481 e. The minimum atomic E-state index is -1.11. The maximum Gasteiger partial charge on any atom is 0.407 e. The van der Waals surface area contributed by atoms with Crippen LogP contribution in [-0.2, 0) is 14.3 Å². The van der Waals surface area contributed by atoms with Gasteiger partial charge in [0.25, 0.3) is 0 Å². The minimum Gasteiger partial charge on any atom is -0.481 e. The second-order valence-electron chi connectivity index (χ2n) is 9.11. The highest BCUT2D eigenvalue weighted by molar-refractivity contribution is 5.79. The lowest BCUT2D eigenvalue weighted by Crippen LogP contribution is -2.35. The summed E-state index contributed by atoms with van der Waals surface area (Å²) in [5.41, 5.74) is 4.69. The molecule has 2 aromatic carbocycles.